The van der Waals surface area contributed by atoms with E-state index in [1.54, 1.807) is 0 Å². The van der Waals surface area contributed by atoms with Crippen LogP contribution in [0.25, 0.3) is 0 Å². The van der Waals surface area contributed by atoms with Gasteiger partial charge in [0.05, 0.1) is 7.11 Å². The van der Waals surface area contributed by atoms with Crippen LogP contribution in [0.5, 0.6) is 0 Å². The molecule has 0 unspecified atom stereocenters. The zero-order valence-corrected chi connectivity index (χ0v) is 8.38. The number of rotatable bonds is 6. The fourth-order valence-electron chi connectivity index (χ4n) is 0.874. The first kappa shape index (κ1) is 12.2. The van der Waals surface area contributed by atoms with E-state index in [1.807, 2.05) is 0 Å². The van der Waals surface area contributed by atoms with Gasteiger partial charge in [0.2, 0.25) is 0 Å². The zero-order valence-electron chi connectivity index (χ0n) is 7.62. The Morgan fingerprint density at radius 1 is 1.46 bits per heavy atom. The molecule has 0 aromatic rings. The molecule has 0 bridgehead atoms. The molecule has 5 heteroatoms. The second-order valence-electron chi connectivity index (χ2n) is 2.54. The van der Waals surface area contributed by atoms with Crippen molar-refractivity contribution < 1.29 is 14.7 Å². The Morgan fingerprint density at radius 3 is 2.62 bits per heavy atom. The van der Waals surface area contributed by atoms with Crippen molar-refractivity contribution in [2.45, 2.75) is 25.7 Å². The van der Waals surface area contributed by atoms with E-state index in [0.29, 0.717) is 12.3 Å². The number of carbonyl (C=O) groups is 1. The van der Waals surface area contributed by atoms with Crippen molar-refractivity contribution in [3.63, 3.8) is 0 Å². The summed E-state index contributed by atoms with van der Waals surface area (Å²) in [6.45, 7) is 0. The minimum absolute atomic E-state index is 0.0667. The molecule has 0 saturated carbocycles. The van der Waals surface area contributed by atoms with E-state index in [4.69, 9.17) is 16.8 Å². The van der Waals surface area contributed by atoms with Crippen LogP contribution in [-0.2, 0) is 9.53 Å². The highest BCUT2D eigenvalue weighted by molar-refractivity contribution is 6.36. The number of unbranched alkanes of at least 4 members (excludes halogenated alkanes) is 2. The van der Waals surface area contributed by atoms with Crippen LogP contribution in [0.3, 0.4) is 0 Å². The molecule has 0 aromatic heterocycles. The predicted molar refractivity (Wildman–Crippen MR) is 50.4 cm³/mol. The fraction of sp³-hybridized carbons (Fsp3) is 0.750. The summed E-state index contributed by atoms with van der Waals surface area (Å²) in [4.78, 5) is 10.9. The Bertz CT molecular complexity index is 182. The van der Waals surface area contributed by atoms with Crippen LogP contribution in [0.1, 0.15) is 25.7 Å². The summed E-state index contributed by atoms with van der Waals surface area (Å²) in [6.07, 6.45) is 3.03. The minimum Gasteiger partial charge on any atom is -0.464 e. The zero-order chi connectivity index (χ0) is 10.1. The summed E-state index contributed by atoms with van der Waals surface area (Å²) in [7, 11) is 1.26. The van der Waals surface area contributed by atoms with Gasteiger partial charge in [-0.05, 0) is 12.8 Å². The molecule has 0 aromatic carbocycles. The molecule has 0 saturated heterocycles. The molecule has 0 rings (SSSR count). The van der Waals surface area contributed by atoms with Crippen LogP contribution in [0.2, 0.25) is 0 Å². The maximum Gasteiger partial charge on any atom is 0.355 e. The van der Waals surface area contributed by atoms with E-state index in [0.717, 1.165) is 19.3 Å². The number of carbonyl (C=O) groups excluding carboxylic acids is 1. The van der Waals surface area contributed by atoms with Crippen molar-refractivity contribution in [1.82, 2.24) is 0 Å². The third-order valence-electron chi connectivity index (χ3n) is 1.59. The van der Waals surface area contributed by atoms with Crippen LogP contribution >= 0.6 is 11.6 Å². The van der Waals surface area contributed by atoms with Gasteiger partial charge >= 0.3 is 5.97 Å². The van der Waals surface area contributed by atoms with Crippen molar-refractivity contribution in [2.75, 3.05) is 13.0 Å². The van der Waals surface area contributed by atoms with Gasteiger partial charge in [0.25, 0.3) is 0 Å². The lowest BCUT2D eigenvalue weighted by molar-refractivity contribution is -0.133. The Balaban J connectivity index is 3.68. The number of halogens is 1. The van der Waals surface area contributed by atoms with Crippen molar-refractivity contribution in [1.29, 1.82) is 0 Å². The Morgan fingerprint density at radius 2 is 2.15 bits per heavy atom. The average molecular weight is 208 g/mol. The molecule has 0 fully saturated rings. The molecule has 13 heavy (non-hydrogen) atoms. The molecule has 4 nitrogen and oxygen atoms in total. The van der Waals surface area contributed by atoms with Crippen LogP contribution in [0.15, 0.2) is 5.16 Å². The van der Waals surface area contributed by atoms with Crippen molar-refractivity contribution in [3.8, 4) is 0 Å². The minimum atomic E-state index is -0.576. The highest BCUT2D eigenvalue weighted by atomic mass is 35.5. The number of nitrogens with zero attached hydrogens (tertiary/aromatic N) is 1. The molecule has 0 aliphatic rings. The number of methoxy groups -OCH3 is 1. The summed E-state index contributed by atoms with van der Waals surface area (Å²) >= 11 is 5.47. The highest BCUT2D eigenvalue weighted by Gasteiger charge is 2.11. The fourth-order valence-corrected chi connectivity index (χ4v) is 1.06. The number of esters is 1. The third kappa shape index (κ3) is 5.47. The van der Waals surface area contributed by atoms with Crippen molar-refractivity contribution in [2.24, 2.45) is 5.16 Å². The lowest BCUT2D eigenvalue weighted by Crippen LogP contribution is -2.15. The predicted octanol–water partition coefficient (Wildman–Crippen LogP) is 1.79. The Labute approximate surface area is 82.5 Å². The summed E-state index contributed by atoms with van der Waals surface area (Å²) < 4.78 is 4.40. The number of hydrogen-bond acceptors (Lipinski definition) is 4. The lowest BCUT2D eigenvalue weighted by Gasteiger charge is -2.00. The normalized spacial score (nSPS) is 11.4. The first-order valence-electron chi connectivity index (χ1n) is 4.11. The van der Waals surface area contributed by atoms with Crippen LogP contribution < -0.4 is 0 Å². The van der Waals surface area contributed by atoms with Crippen LogP contribution in [-0.4, -0.2) is 29.9 Å². The number of ether oxygens (including phenoxy) is 1. The SMILES string of the molecule is COC(=O)C(CCCCCCl)=NO. The summed E-state index contributed by atoms with van der Waals surface area (Å²) in [5, 5.41) is 11.3. The van der Waals surface area contributed by atoms with Gasteiger partial charge in [0.15, 0.2) is 5.71 Å². The van der Waals surface area contributed by atoms with Gasteiger partial charge in [-0.15, -0.1) is 11.6 Å². The van der Waals surface area contributed by atoms with Gasteiger partial charge < -0.3 is 9.94 Å². The molecular formula is C8H14ClNO3. The molecular weight excluding hydrogens is 194 g/mol. The molecule has 0 radical (unpaired) electrons. The van der Waals surface area contributed by atoms with Crippen molar-refractivity contribution in [3.05, 3.63) is 0 Å². The Hall–Kier alpha value is -0.770. The molecule has 0 amide bonds. The van der Waals surface area contributed by atoms with Gasteiger partial charge in [-0.25, -0.2) is 4.79 Å². The standard InChI is InChI=1S/C8H14ClNO3/c1-13-8(11)7(10-12)5-3-2-4-6-9/h12H,2-6H2,1H3. The smallest absolute Gasteiger partial charge is 0.355 e. The molecule has 0 atom stereocenters. The first-order valence-corrected chi connectivity index (χ1v) is 4.65. The van der Waals surface area contributed by atoms with Crippen LogP contribution in [0.4, 0.5) is 0 Å². The quantitative estimate of drug-likeness (QED) is 0.180. The molecule has 0 aliphatic carbocycles. The monoisotopic (exact) mass is 207 g/mol. The largest absolute Gasteiger partial charge is 0.464 e. The van der Waals surface area contributed by atoms with E-state index in [1.165, 1.54) is 7.11 Å². The second-order valence-corrected chi connectivity index (χ2v) is 2.92. The van der Waals surface area contributed by atoms with Gasteiger partial charge in [0.1, 0.15) is 0 Å². The van der Waals surface area contributed by atoms with Crippen molar-refractivity contribution >= 4 is 23.3 Å². The molecule has 1 N–H and O–H groups in total. The van der Waals surface area contributed by atoms with Gasteiger partial charge in [0, 0.05) is 12.3 Å². The van der Waals surface area contributed by atoms with Gasteiger partial charge in [-0.3, -0.25) is 0 Å². The number of alkyl halides is 1. The van der Waals surface area contributed by atoms with E-state index < -0.39 is 5.97 Å². The van der Waals surface area contributed by atoms with Crippen LogP contribution in [0, 0.1) is 0 Å². The molecule has 0 aliphatic heterocycles. The first-order chi connectivity index (χ1) is 6.26. The Kier molecular flexibility index (Phi) is 7.39. The number of hydrogen-bond donors (Lipinski definition) is 1. The van der Waals surface area contributed by atoms with E-state index in [9.17, 15) is 4.79 Å². The highest BCUT2D eigenvalue weighted by Crippen LogP contribution is 2.03. The van der Waals surface area contributed by atoms with E-state index >= 15 is 0 Å². The molecule has 76 valence electrons. The molecule has 0 spiro atoms. The van der Waals surface area contributed by atoms with Gasteiger partial charge in [-0.1, -0.05) is 11.6 Å². The maximum atomic E-state index is 10.9. The third-order valence-corrected chi connectivity index (χ3v) is 1.86. The van der Waals surface area contributed by atoms with Gasteiger partial charge in [-0.2, -0.15) is 0 Å². The van der Waals surface area contributed by atoms with E-state index in [-0.39, 0.29) is 5.71 Å². The lowest BCUT2D eigenvalue weighted by atomic mass is 10.1. The maximum absolute atomic E-state index is 10.9. The summed E-state index contributed by atoms with van der Waals surface area (Å²) in [6, 6.07) is 0. The summed E-state index contributed by atoms with van der Waals surface area (Å²) in [5.41, 5.74) is 0.0667. The van der Waals surface area contributed by atoms with E-state index in [2.05, 4.69) is 9.89 Å². The second kappa shape index (κ2) is 7.86. The number of oxime groups is 1. The topological polar surface area (TPSA) is 58.9 Å². The average Bonchev–Trinajstić information content (AvgIpc) is 2.17. The molecule has 0 heterocycles. The summed E-state index contributed by atoms with van der Waals surface area (Å²) in [5.74, 6) is 0.0393.